The number of carbonyl (C=O) groups excluding carboxylic acids is 1. The fourth-order valence-electron chi connectivity index (χ4n) is 4.01. The molecule has 2 aliphatic heterocycles. The number of amides is 1. The van der Waals surface area contributed by atoms with E-state index in [4.69, 9.17) is 9.47 Å². The molecule has 2 aliphatic rings. The van der Waals surface area contributed by atoms with Crippen LogP contribution in [0.3, 0.4) is 0 Å². The molecule has 0 N–H and O–H groups in total. The van der Waals surface area contributed by atoms with E-state index in [1.165, 1.54) is 4.57 Å². The summed E-state index contributed by atoms with van der Waals surface area (Å²) < 4.78 is 12.8. The summed E-state index contributed by atoms with van der Waals surface area (Å²) in [4.78, 5) is 31.8. The number of likely N-dealkylation sites (tertiary alicyclic amines) is 1. The molecule has 2 aromatic rings. The number of fused-ring (bicyclic) bond motifs is 1. The van der Waals surface area contributed by atoms with Crippen LogP contribution in [0.4, 0.5) is 0 Å². The molecule has 0 bridgehead atoms. The predicted molar refractivity (Wildman–Crippen MR) is 100 cm³/mol. The van der Waals surface area contributed by atoms with Crippen LogP contribution < -0.4 is 5.56 Å². The molecule has 2 fully saturated rings. The smallest absolute Gasteiger partial charge is 0.261 e. The SMILES string of the molecule is Cc1cccc2c(=O)n(CCC(=O)N3CCCCC3C3OCCO3)cnc12. The Morgan fingerprint density at radius 3 is 2.89 bits per heavy atom. The van der Waals surface area contributed by atoms with Crippen LogP contribution in [-0.4, -0.2) is 52.4 Å². The molecule has 27 heavy (non-hydrogen) atoms. The third-order valence-electron chi connectivity index (χ3n) is 5.45. The number of benzene rings is 1. The number of carbonyl (C=O) groups is 1. The van der Waals surface area contributed by atoms with Crippen molar-refractivity contribution in [3.05, 3.63) is 40.4 Å². The Morgan fingerprint density at radius 2 is 2.07 bits per heavy atom. The summed E-state index contributed by atoms with van der Waals surface area (Å²) in [5.74, 6) is 0.0371. The summed E-state index contributed by atoms with van der Waals surface area (Å²) in [6.45, 7) is 4.15. The first-order valence-corrected chi connectivity index (χ1v) is 9.62. The van der Waals surface area contributed by atoms with Crippen LogP contribution in [0.5, 0.6) is 0 Å². The molecular formula is C20H25N3O4. The van der Waals surface area contributed by atoms with Crippen molar-refractivity contribution in [2.24, 2.45) is 0 Å². The minimum absolute atomic E-state index is 0.0251. The maximum absolute atomic E-state index is 12.8. The third-order valence-corrected chi connectivity index (χ3v) is 5.45. The normalized spacial score (nSPS) is 21.1. The fraction of sp³-hybridized carbons (Fsp3) is 0.550. The first kappa shape index (κ1) is 18.1. The number of hydrogen-bond donors (Lipinski definition) is 0. The largest absolute Gasteiger partial charge is 0.348 e. The molecule has 0 aliphatic carbocycles. The van der Waals surface area contributed by atoms with Gasteiger partial charge < -0.3 is 14.4 Å². The van der Waals surface area contributed by atoms with E-state index in [0.29, 0.717) is 25.1 Å². The Hall–Kier alpha value is -2.25. The molecular weight excluding hydrogens is 346 g/mol. The Kier molecular flexibility index (Phi) is 5.22. The Bertz CT molecular complexity index is 888. The van der Waals surface area contributed by atoms with Crippen molar-refractivity contribution in [2.75, 3.05) is 19.8 Å². The van der Waals surface area contributed by atoms with E-state index in [-0.39, 0.29) is 30.2 Å². The van der Waals surface area contributed by atoms with E-state index in [2.05, 4.69) is 4.98 Å². The van der Waals surface area contributed by atoms with E-state index in [1.54, 1.807) is 12.4 Å². The lowest BCUT2D eigenvalue weighted by atomic mass is 10.0. The highest BCUT2D eigenvalue weighted by Crippen LogP contribution is 2.25. The van der Waals surface area contributed by atoms with Crippen molar-refractivity contribution in [1.29, 1.82) is 0 Å². The Morgan fingerprint density at radius 1 is 1.26 bits per heavy atom. The third kappa shape index (κ3) is 3.61. The number of ether oxygens (including phenoxy) is 2. The van der Waals surface area contributed by atoms with Crippen LogP contribution in [0.15, 0.2) is 29.3 Å². The van der Waals surface area contributed by atoms with Gasteiger partial charge in [0.15, 0.2) is 6.29 Å². The minimum Gasteiger partial charge on any atom is -0.348 e. The van der Waals surface area contributed by atoms with E-state index >= 15 is 0 Å². The summed E-state index contributed by atoms with van der Waals surface area (Å²) in [7, 11) is 0. The average Bonchev–Trinajstić information content (AvgIpc) is 3.22. The lowest BCUT2D eigenvalue weighted by molar-refractivity contribution is -0.150. The van der Waals surface area contributed by atoms with Crippen molar-refractivity contribution >= 4 is 16.8 Å². The van der Waals surface area contributed by atoms with Crippen molar-refractivity contribution in [2.45, 2.75) is 51.5 Å². The molecule has 0 saturated carbocycles. The van der Waals surface area contributed by atoms with Gasteiger partial charge in [0, 0.05) is 19.5 Å². The van der Waals surface area contributed by atoms with Gasteiger partial charge in [-0.15, -0.1) is 0 Å². The summed E-state index contributed by atoms with van der Waals surface area (Å²) in [5.41, 5.74) is 1.59. The van der Waals surface area contributed by atoms with Crippen molar-refractivity contribution in [1.82, 2.24) is 14.5 Å². The molecule has 7 nitrogen and oxygen atoms in total. The van der Waals surface area contributed by atoms with Crippen molar-refractivity contribution in [3.8, 4) is 0 Å². The summed E-state index contributed by atoms with van der Waals surface area (Å²) in [5, 5.41) is 0.591. The number of hydrogen-bond acceptors (Lipinski definition) is 5. The van der Waals surface area contributed by atoms with Crippen LogP contribution in [0.2, 0.25) is 0 Å². The van der Waals surface area contributed by atoms with Crippen LogP contribution >= 0.6 is 0 Å². The molecule has 3 heterocycles. The van der Waals surface area contributed by atoms with Gasteiger partial charge in [-0.1, -0.05) is 12.1 Å². The zero-order valence-electron chi connectivity index (χ0n) is 15.6. The van der Waals surface area contributed by atoms with Crippen molar-refractivity contribution < 1.29 is 14.3 Å². The number of nitrogens with zero attached hydrogens (tertiary/aromatic N) is 3. The molecule has 7 heteroatoms. The number of aryl methyl sites for hydroxylation is 2. The quantitative estimate of drug-likeness (QED) is 0.820. The summed E-state index contributed by atoms with van der Waals surface area (Å²) >= 11 is 0. The van der Waals surface area contributed by atoms with Crippen LogP contribution in [-0.2, 0) is 20.8 Å². The number of para-hydroxylation sites is 1. The Labute approximate surface area is 157 Å². The standard InChI is InChI=1S/C20H25N3O4/c1-14-5-4-6-15-18(14)21-13-22(19(15)25)10-8-17(24)23-9-3-2-7-16(23)20-26-11-12-27-20/h4-6,13,16,20H,2-3,7-12H2,1H3. The number of piperidine rings is 1. The molecule has 1 aromatic heterocycles. The van der Waals surface area contributed by atoms with Gasteiger partial charge >= 0.3 is 0 Å². The second-order valence-corrected chi connectivity index (χ2v) is 7.22. The lowest BCUT2D eigenvalue weighted by Crippen LogP contribution is -2.50. The average molecular weight is 371 g/mol. The summed E-state index contributed by atoms with van der Waals surface area (Å²) in [6.07, 6.45) is 4.45. The van der Waals surface area contributed by atoms with Gasteiger partial charge in [0.1, 0.15) is 0 Å². The number of rotatable bonds is 4. The highest BCUT2D eigenvalue weighted by atomic mass is 16.7. The first-order valence-electron chi connectivity index (χ1n) is 9.62. The monoisotopic (exact) mass is 371 g/mol. The highest BCUT2D eigenvalue weighted by molar-refractivity contribution is 5.80. The molecule has 144 valence electrons. The van der Waals surface area contributed by atoms with Crippen molar-refractivity contribution in [3.63, 3.8) is 0 Å². The van der Waals surface area contributed by atoms with Crippen LogP contribution in [0, 0.1) is 6.92 Å². The molecule has 4 rings (SSSR count). The number of aromatic nitrogens is 2. The van der Waals surface area contributed by atoms with Gasteiger partial charge in [0.05, 0.1) is 36.5 Å². The van der Waals surface area contributed by atoms with Crippen LogP contribution in [0.25, 0.3) is 10.9 Å². The molecule has 1 amide bonds. The highest BCUT2D eigenvalue weighted by Gasteiger charge is 2.35. The van der Waals surface area contributed by atoms with Gasteiger partial charge in [-0.25, -0.2) is 4.98 Å². The summed E-state index contributed by atoms with van der Waals surface area (Å²) in [6, 6.07) is 5.55. The van der Waals surface area contributed by atoms with E-state index in [0.717, 1.165) is 36.9 Å². The molecule has 0 radical (unpaired) electrons. The zero-order chi connectivity index (χ0) is 18.8. The Balaban J connectivity index is 1.47. The molecule has 1 atom stereocenters. The molecule has 1 unspecified atom stereocenters. The topological polar surface area (TPSA) is 73.7 Å². The van der Waals surface area contributed by atoms with E-state index in [9.17, 15) is 9.59 Å². The van der Waals surface area contributed by atoms with Gasteiger partial charge in [-0.2, -0.15) is 0 Å². The second kappa shape index (κ2) is 7.78. The van der Waals surface area contributed by atoms with Gasteiger partial charge in [-0.3, -0.25) is 14.2 Å². The maximum atomic E-state index is 12.8. The second-order valence-electron chi connectivity index (χ2n) is 7.22. The molecule has 1 aromatic carbocycles. The lowest BCUT2D eigenvalue weighted by Gasteiger charge is -2.38. The first-order chi connectivity index (χ1) is 13.1. The van der Waals surface area contributed by atoms with Gasteiger partial charge in [-0.05, 0) is 37.8 Å². The van der Waals surface area contributed by atoms with E-state index < -0.39 is 0 Å². The maximum Gasteiger partial charge on any atom is 0.261 e. The predicted octanol–water partition coefficient (Wildman–Crippen LogP) is 1.85. The zero-order valence-corrected chi connectivity index (χ0v) is 15.6. The van der Waals surface area contributed by atoms with E-state index in [1.807, 2.05) is 24.0 Å². The van der Waals surface area contributed by atoms with Crippen LogP contribution in [0.1, 0.15) is 31.2 Å². The van der Waals surface area contributed by atoms with Gasteiger partial charge in [0.25, 0.3) is 5.56 Å². The van der Waals surface area contributed by atoms with Gasteiger partial charge in [0.2, 0.25) is 5.91 Å². The fourth-order valence-corrected chi connectivity index (χ4v) is 4.01. The molecule has 0 spiro atoms. The molecule has 2 saturated heterocycles. The minimum atomic E-state index is -0.317.